The molecule has 0 fully saturated rings. The van der Waals surface area contributed by atoms with Crippen LogP contribution < -0.4 is 5.32 Å². The Kier molecular flexibility index (Phi) is 4.33. The lowest BCUT2D eigenvalue weighted by atomic mass is 9.76. The molecule has 1 N–H and O–H groups in total. The van der Waals surface area contributed by atoms with Crippen molar-refractivity contribution in [1.82, 2.24) is 9.78 Å². The molecule has 0 unspecified atom stereocenters. The summed E-state index contributed by atoms with van der Waals surface area (Å²) in [5.74, 6) is 0.357. The number of halogens is 1. The molecule has 0 saturated heterocycles. The van der Waals surface area contributed by atoms with Gasteiger partial charge in [-0.15, -0.1) is 5.10 Å². The minimum Gasteiger partial charge on any atom is -0.338 e. The number of aryl methyl sites for hydroxylation is 1. The average Bonchev–Trinajstić information content (AvgIpc) is 2.97. The number of nitrogens with zero attached hydrogens (tertiary/aromatic N) is 2. The summed E-state index contributed by atoms with van der Waals surface area (Å²) in [6.45, 7) is 8.29. The predicted molar refractivity (Wildman–Crippen MR) is 109 cm³/mol. The number of Topliss-reactive ketones (excluding diaryl/α,β-unsaturated/α-hetero) is 1. The zero-order chi connectivity index (χ0) is 20.1. The quantitative estimate of drug-likeness (QED) is 0.653. The van der Waals surface area contributed by atoms with Gasteiger partial charge in [-0.05, 0) is 67.1 Å². The van der Waals surface area contributed by atoms with Crippen molar-refractivity contribution in [3.05, 3.63) is 70.7 Å². The lowest BCUT2D eigenvalue weighted by Crippen LogP contribution is -2.28. The molecule has 0 spiro atoms. The number of carbonyl (C=O) groups excluding carboxylic acids is 1. The summed E-state index contributed by atoms with van der Waals surface area (Å²) in [5.41, 5.74) is 5.35. The smallest absolute Gasteiger partial charge is 0.169 e. The number of hydrogen-bond acceptors (Lipinski definition) is 3. The van der Waals surface area contributed by atoms with Gasteiger partial charge in [0.2, 0.25) is 0 Å². The molecule has 4 nitrogen and oxygen atoms in total. The zero-order valence-electron chi connectivity index (χ0n) is 16.6. The SMILES string of the molecule is Cc1cccc(Nc2nn(-c3ccc(F)cc3)c3c2C(=O)CC(C)(C)C3)c1C. The van der Waals surface area contributed by atoms with Gasteiger partial charge >= 0.3 is 0 Å². The van der Waals surface area contributed by atoms with Crippen LogP contribution in [0.4, 0.5) is 15.9 Å². The van der Waals surface area contributed by atoms with Crippen LogP contribution in [0.2, 0.25) is 0 Å². The molecule has 2 aromatic carbocycles. The first kappa shape index (κ1) is 18.4. The van der Waals surface area contributed by atoms with E-state index in [1.54, 1.807) is 16.8 Å². The van der Waals surface area contributed by atoms with Gasteiger partial charge in [0.1, 0.15) is 5.82 Å². The first-order valence-corrected chi connectivity index (χ1v) is 9.49. The Hall–Kier alpha value is -2.95. The number of benzene rings is 2. The minimum atomic E-state index is -0.296. The van der Waals surface area contributed by atoms with Crippen molar-refractivity contribution in [3.63, 3.8) is 0 Å². The molecule has 1 heterocycles. The fourth-order valence-corrected chi connectivity index (χ4v) is 3.85. The van der Waals surface area contributed by atoms with Crippen LogP contribution in [0.15, 0.2) is 42.5 Å². The van der Waals surface area contributed by atoms with E-state index < -0.39 is 0 Å². The van der Waals surface area contributed by atoms with Gasteiger partial charge in [0.05, 0.1) is 16.9 Å². The number of anilines is 2. The Balaban J connectivity index is 1.87. The van der Waals surface area contributed by atoms with Gasteiger partial charge in [0.15, 0.2) is 11.6 Å². The molecule has 0 aliphatic heterocycles. The topological polar surface area (TPSA) is 46.9 Å². The molecule has 1 aliphatic rings. The highest BCUT2D eigenvalue weighted by Crippen LogP contribution is 2.39. The molecular weight excluding hydrogens is 353 g/mol. The lowest BCUT2D eigenvalue weighted by molar-refractivity contribution is 0.0912. The summed E-state index contributed by atoms with van der Waals surface area (Å²) in [5, 5.41) is 8.11. The molecule has 0 radical (unpaired) electrons. The van der Waals surface area contributed by atoms with Gasteiger partial charge in [0, 0.05) is 12.1 Å². The summed E-state index contributed by atoms with van der Waals surface area (Å²) < 4.78 is 15.2. The molecule has 5 heteroatoms. The van der Waals surface area contributed by atoms with Crippen molar-refractivity contribution < 1.29 is 9.18 Å². The zero-order valence-corrected chi connectivity index (χ0v) is 16.6. The lowest BCUT2D eigenvalue weighted by Gasteiger charge is -2.29. The Morgan fingerprint density at radius 2 is 1.79 bits per heavy atom. The molecule has 144 valence electrons. The second-order valence-corrected chi connectivity index (χ2v) is 8.37. The molecule has 4 rings (SSSR count). The van der Waals surface area contributed by atoms with E-state index in [-0.39, 0.29) is 17.0 Å². The van der Waals surface area contributed by atoms with Crippen molar-refractivity contribution in [3.8, 4) is 5.69 Å². The van der Waals surface area contributed by atoms with Crippen LogP contribution in [0.3, 0.4) is 0 Å². The second kappa shape index (κ2) is 6.59. The summed E-state index contributed by atoms with van der Waals surface area (Å²) >= 11 is 0. The van der Waals surface area contributed by atoms with Crippen LogP contribution >= 0.6 is 0 Å². The van der Waals surface area contributed by atoms with E-state index in [0.29, 0.717) is 17.8 Å². The van der Waals surface area contributed by atoms with Crippen LogP contribution in [0.5, 0.6) is 0 Å². The predicted octanol–water partition coefficient (Wildman–Crippen LogP) is 5.53. The van der Waals surface area contributed by atoms with Crippen molar-refractivity contribution in [1.29, 1.82) is 0 Å². The maximum absolute atomic E-state index is 13.4. The van der Waals surface area contributed by atoms with Crippen LogP contribution in [0, 0.1) is 25.1 Å². The van der Waals surface area contributed by atoms with E-state index in [0.717, 1.165) is 29.1 Å². The molecule has 0 saturated carbocycles. The maximum atomic E-state index is 13.4. The van der Waals surface area contributed by atoms with E-state index in [2.05, 4.69) is 32.2 Å². The van der Waals surface area contributed by atoms with Crippen molar-refractivity contribution in [2.24, 2.45) is 5.41 Å². The monoisotopic (exact) mass is 377 g/mol. The highest BCUT2D eigenvalue weighted by atomic mass is 19.1. The number of nitrogens with one attached hydrogen (secondary N) is 1. The number of rotatable bonds is 3. The van der Waals surface area contributed by atoms with Gasteiger partial charge in [-0.2, -0.15) is 0 Å². The standard InChI is InChI=1S/C23H24FN3O/c1-14-6-5-7-18(15(14)2)25-22-21-19(12-23(3,4)13-20(21)28)27(26-22)17-10-8-16(24)9-11-17/h5-11H,12-13H2,1-4H3,(H,25,26). The molecule has 1 aromatic heterocycles. The first-order valence-electron chi connectivity index (χ1n) is 9.49. The number of carbonyl (C=O) groups is 1. The number of aromatic nitrogens is 2. The van der Waals surface area contributed by atoms with E-state index in [9.17, 15) is 9.18 Å². The highest BCUT2D eigenvalue weighted by Gasteiger charge is 2.37. The largest absolute Gasteiger partial charge is 0.338 e. The van der Waals surface area contributed by atoms with Crippen LogP contribution in [-0.4, -0.2) is 15.6 Å². The van der Waals surface area contributed by atoms with E-state index in [1.807, 2.05) is 19.1 Å². The maximum Gasteiger partial charge on any atom is 0.169 e. The van der Waals surface area contributed by atoms with Crippen LogP contribution in [-0.2, 0) is 6.42 Å². The average molecular weight is 377 g/mol. The Morgan fingerprint density at radius 1 is 1.07 bits per heavy atom. The molecular formula is C23H24FN3O. The van der Waals surface area contributed by atoms with Gasteiger partial charge in [-0.3, -0.25) is 4.79 Å². The number of hydrogen-bond donors (Lipinski definition) is 1. The molecule has 0 atom stereocenters. The van der Waals surface area contributed by atoms with Crippen LogP contribution in [0.1, 0.15) is 47.4 Å². The third kappa shape index (κ3) is 3.21. The van der Waals surface area contributed by atoms with Gasteiger partial charge in [0.25, 0.3) is 0 Å². The van der Waals surface area contributed by atoms with Crippen molar-refractivity contribution >= 4 is 17.3 Å². The van der Waals surface area contributed by atoms with Gasteiger partial charge < -0.3 is 5.32 Å². The second-order valence-electron chi connectivity index (χ2n) is 8.37. The third-order valence-electron chi connectivity index (χ3n) is 5.47. The summed E-state index contributed by atoms with van der Waals surface area (Å²) in [7, 11) is 0. The number of ketones is 1. The Labute approximate surface area is 164 Å². The Morgan fingerprint density at radius 3 is 2.50 bits per heavy atom. The summed E-state index contributed by atoms with van der Waals surface area (Å²) in [6, 6.07) is 12.2. The first-order chi connectivity index (χ1) is 13.2. The van der Waals surface area contributed by atoms with Gasteiger partial charge in [-0.25, -0.2) is 9.07 Å². The van der Waals surface area contributed by atoms with Crippen molar-refractivity contribution in [2.75, 3.05) is 5.32 Å². The fourth-order valence-electron chi connectivity index (χ4n) is 3.85. The number of fused-ring (bicyclic) bond motifs is 1. The highest BCUT2D eigenvalue weighted by molar-refractivity contribution is 6.03. The summed E-state index contributed by atoms with van der Waals surface area (Å²) in [6.07, 6.45) is 1.21. The molecule has 0 amide bonds. The van der Waals surface area contributed by atoms with E-state index >= 15 is 0 Å². The normalized spacial score (nSPS) is 15.4. The third-order valence-corrected chi connectivity index (χ3v) is 5.47. The summed E-state index contributed by atoms with van der Waals surface area (Å²) in [4.78, 5) is 13.0. The molecule has 1 aliphatic carbocycles. The van der Waals surface area contributed by atoms with Crippen LogP contribution in [0.25, 0.3) is 5.69 Å². The van der Waals surface area contributed by atoms with Gasteiger partial charge in [-0.1, -0.05) is 26.0 Å². The molecule has 28 heavy (non-hydrogen) atoms. The van der Waals surface area contributed by atoms with Crippen molar-refractivity contribution in [2.45, 2.75) is 40.5 Å². The molecule has 0 bridgehead atoms. The molecule has 3 aromatic rings. The fraction of sp³-hybridized carbons (Fsp3) is 0.304. The minimum absolute atomic E-state index is 0.0902. The van der Waals surface area contributed by atoms with E-state index in [4.69, 9.17) is 5.10 Å². The van der Waals surface area contributed by atoms with E-state index in [1.165, 1.54) is 17.7 Å². The Bertz CT molecular complexity index is 1060.